The molecule has 1 heterocycles. The molecule has 0 saturated carbocycles. The van der Waals surface area contributed by atoms with E-state index in [4.69, 9.17) is 0 Å². The number of nitrogens with zero attached hydrogens (tertiary/aromatic N) is 2. The minimum absolute atomic E-state index is 0.0554. The van der Waals surface area contributed by atoms with Crippen LogP contribution >= 0.6 is 0 Å². The van der Waals surface area contributed by atoms with Crippen molar-refractivity contribution in [2.75, 3.05) is 10.6 Å². The number of halogens is 4. The zero-order valence-electron chi connectivity index (χ0n) is 20.0. The first kappa shape index (κ1) is 24.9. The maximum atomic E-state index is 13.1. The summed E-state index contributed by atoms with van der Waals surface area (Å²) in [5.74, 6) is -0.498. The van der Waals surface area contributed by atoms with Gasteiger partial charge in [0.05, 0.1) is 11.1 Å². The number of carbonyl (C=O) groups is 1. The molecular formula is C29H20F4N4O. The summed E-state index contributed by atoms with van der Waals surface area (Å²) >= 11 is 0. The van der Waals surface area contributed by atoms with Gasteiger partial charge in [-0.3, -0.25) is 4.79 Å². The number of amides is 1. The van der Waals surface area contributed by atoms with E-state index in [-0.39, 0.29) is 11.5 Å². The molecule has 0 aliphatic heterocycles. The third-order valence-electron chi connectivity index (χ3n) is 5.94. The average Bonchev–Trinajstić information content (AvgIpc) is 2.89. The van der Waals surface area contributed by atoms with Crippen LogP contribution in [0.5, 0.6) is 0 Å². The van der Waals surface area contributed by atoms with Gasteiger partial charge in [0.2, 0.25) is 5.95 Å². The summed E-state index contributed by atoms with van der Waals surface area (Å²) in [6.45, 7) is 1.90. The minimum atomic E-state index is -4.50. The molecular weight excluding hydrogens is 496 g/mol. The molecule has 0 spiro atoms. The zero-order chi connectivity index (χ0) is 26.9. The van der Waals surface area contributed by atoms with E-state index in [1.54, 1.807) is 36.5 Å². The van der Waals surface area contributed by atoms with E-state index in [0.717, 1.165) is 34.2 Å². The van der Waals surface area contributed by atoms with Crippen LogP contribution in [0.2, 0.25) is 0 Å². The Morgan fingerprint density at radius 2 is 1.66 bits per heavy atom. The molecule has 5 rings (SSSR count). The van der Waals surface area contributed by atoms with Crippen LogP contribution in [-0.2, 0) is 6.18 Å². The topological polar surface area (TPSA) is 66.9 Å². The molecule has 4 aromatic carbocycles. The van der Waals surface area contributed by atoms with Gasteiger partial charge in [0, 0.05) is 28.5 Å². The largest absolute Gasteiger partial charge is 0.416 e. The fourth-order valence-electron chi connectivity index (χ4n) is 3.97. The molecule has 1 aromatic heterocycles. The summed E-state index contributed by atoms with van der Waals surface area (Å²) in [7, 11) is 0. The Hall–Kier alpha value is -4.79. The fraction of sp³-hybridized carbons (Fsp3) is 0.0690. The predicted octanol–water partition coefficient (Wildman–Crippen LogP) is 7.76. The molecule has 0 fully saturated rings. The molecule has 5 nitrogen and oxygen atoms in total. The maximum Gasteiger partial charge on any atom is 0.416 e. The summed E-state index contributed by atoms with van der Waals surface area (Å²) < 4.78 is 52.2. The first-order chi connectivity index (χ1) is 18.2. The van der Waals surface area contributed by atoms with E-state index < -0.39 is 17.6 Å². The highest BCUT2D eigenvalue weighted by molar-refractivity contribution is 6.05. The lowest BCUT2D eigenvalue weighted by Gasteiger charge is -2.12. The Bertz CT molecular complexity index is 1650. The third kappa shape index (κ3) is 5.46. The fourth-order valence-corrected chi connectivity index (χ4v) is 3.97. The van der Waals surface area contributed by atoms with Gasteiger partial charge in [-0.05, 0) is 90.3 Å². The number of rotatable bonds is 5. The summed E-state index contributed by atoms with van der Waals surface area (Å²) in [6, 6.07) is 21.1. The van der Waals surface area contributed by atoms with Crippen molar-refractivity contribution in [3.05, 3.63) is 114 Å². The van der Waals surface area contributed by atoms with Gasteiger partial charge in [0.25, 0.3) is 5.91 Å². The second kappa shape index (κ2) is 9.93. The second-order valence-electron chi connectivity index (χ2n) is 8.66. The van der Waals surface area contributed by atoms with Crippen molar-refractivity contribution < 1.29 is 22.4 Å². The van der Waals surface area contributed by atoms with Crippen molar-refractivity contribution in [3.8, 4) is 11.1 Å². The van der Waals surface area contributed by atoms with E-state index in [2.05, 4.69) is 20.6 Å². The molecule has 38 heavy (non-hydrogen) atoms. The molecule has 190 valence electrons. The van der Waals surface area contributed by atoms with E-state index in [9.17, 15) is 22.4 Å². The van der Waals surface area contributed by atoms with Crippen LogP contribution in [0.1, 0.15) is 21.5 Å². The molecule has 0 aliphatic rings. The minimum Gasteiger partial charge on any atom is -0.324 e. The number of hydrogen-bond donors (Lipinski definition) is 2. The average molecular weight is 516 g/mol. The number of alkyl halides is 3. The number of benzene rings is 4. The summed E-state index contributed by atoms with van der Waals surface area (Å²) in [4.78, 5) is 21.7. The SMILES string of the molecule is Cc1ccc(C(=O)Nc2cccc(C(F)(F)F)c2)cc1-c1ccc2nc(Nc3ccc(F)cc3)ncc2c1. The van der Waals surface area contributed by atoms with Crippen molar-refractivity contribution in [2.45, 2.75) is 13.1 Å². The van der Waals surface area contributed by atoms with Gasteiger partial charge in [-0.1, -0.05) is 18.2 Å². The number of carbonyl (C=O) groups excluding carboxylic acids is 1. The first-order valence-corrected chi connectivity index (χ1v) is 11.5. The third-order valence-corrected chi connectivity index (χ3v) is 5.94. The Morgan fingerprint density at radius 3 is 2.42 bits per heavy atom. The van der Waals surface area contributed by atoms with E-state index in [1.165, 1.54) is 24.3 Å². The monoisotopic (exact) mass is 516 g/mol. The molecule has 0 radical (unpaired) electrons. The van der Waals surface area contributed by atoms with Crippen LogP contribution in [-0.4, -0.2) is 15.9 Å². The predicted molar refractivity (Wildman–Crippen MR) is 139 cm³/mol. The summed E-state index contributed by atoms with van der Waals surface area (Å²) in [6.07, 6.45) is -2.84. The molecule has 5 aromatic rings. The lowest BCUT2D eigenvalue weighted by atomic mass is 9.97. The first-order valence-electron chi connectivity index (χ1n) is 11.5. The van der Waals surface area contributed by atoms with Crippen molar-refractivity contribution in [1.29, 1.82) is 0 Å². The number of hydrogen-bond acceptors (Lipinski definition) is 4. The number of aromatic nitrogens is 2. The second-order valence-corrected chi connectivity index (χ2v) is 8.66. The van der Waals surface area contributed by atoms with E-state index >= 15 is 0 Å². The highest BCUT2D eigenvalue weighted by Gasteiger charge is 2.30. The van der Waals surface area contributed by atoms with Crippen LogP contribution in [0.4, 0.5) is 34.9 Å². The summed E-state index contributed by atoms with van der Waals surface area (Å²) in [5, 5.41) is 6.34. The van der Waals surface area contributed by atoms with Crippen LogP contribution in [0.15, 0.2) is 91.1 Å². The van der Waals surface area contributed by atoms with E-state index in [0.29, 0.717) is 22.7 Å². The highest BCUT2D eigenvalue weighted by Crippen LogP contribution is 2.31. The standard InChI is InChI=1S/C29H20F4N4O/c1-17-5-6-19(27(38)35-24-4-2-3-21(15-24)29(31,32)33)14-25(17)18-7-12-26-20(13-18)16-34-28(37-26)36-23-10-8-22(30)9-11-23/h2-16H,1H3,(H,35,38)(H,34,36,37). The molecule has 2 N–H and O–H groups in total. The Balaban J connectivity index is 1.39. The number of aryl methyl sites for hydroxylation is 1. The number of fused-ring (bicyclic) bond motifs is 1. The lowest BCUT2D eigenvalue weighted by molar-refractivity contribution is -0.137. The smallest absolute Gasteiger partial charge is 0.324 e. The van der Waals surface area contributed by atoms with Gasteiger partial charge >= 0.3 is 6.18 Å². The lowest BCUT2D eigenvalue weighted by Crippen LogP contribution is -2.13. The van der Waals surface area contributed by atoms with Crippen LogP contribution in [0, 0.1) is 12.7 Å². The summed E-state index contributed by atoms with van der Waals surface area (Å²) in [5.41, 5.74) is 3.38. The van der Waals surface area contributed by atoms with Crippen molar-refractivity contribution in [2.24, 2.45) is 0 Å². The maximum absolute atomic E-state index is 13.1. The van der Waals surface area contributed by atoms with E-state index in [1.807, 2.05) is 25.1 Å². The molecule has 0 aliphatic carbocycles. The molecule has 1 amide bonds. The van der Waals surface area contributed by atoms with Crippen LogP contribution < -0.4 is 10.6 Å². The molecule has 9 heteroatoms. The van der Waals surface area contributed by atoms with Crippen molar-refractivity contribution in [3.63, 3.8) is 0 Å². The van der Waals surface area contributed by atoms with Crippen molar-refractivity contribution >= 4 is 34.1 Å². The van der Waals surface area contributed by atoms with Gasteiger partial charge in [-0.15, -0.1) is 0 Å². The van der Waals surface area contributed by atoms with Gasteiger partial charge in [0.15, 0.2) is 0 Å². The molecule has 0 saturated heterocycles. The zero-order valence-corrected chi connectivity index (χ0v) is 20.0. The molecule has 0 bridgehead atoms. The molecule has 0 atom stereocenters. The van der Waals surface area contributed by atoms with Crippen LogP contribution in [0.25, 0.3) is 22.0 Å². The normalized spacial score (nSPS) is 11.4. The Kier molecular flexibility index (Phi) is 6.50. The van der Waals surface area contributed by atoms with Gasteiger partial charge < -0.3 is 10.6 Å². The molecule has 0 unspecified atom stereocenters. The van der Waals surface area contributed by atoms with Gasteiger partial charge in [0.1, 0.15) is 5.82 Å². The Morgan fingerprint density at radius 1 is 0.868 bits per heavy atom. The van der Waals surface area contributed by atoms with Gasteiger partial charge in [-0.2, -0.15) is 13.2 Å². The highest BCUT2D eigenvalue weighted by atomic mass is 19.4. The Labute approximate surface area is 215 Å². The quantitative estimate of drug-likeness (QED) is 0.234. The number of nitrogens with one attached hydrogen (secondary N) is 2. The van der Waals surface area contributed by atoms with Gasteiger partial charge in [-0.25, -0.2) is 14.4 Å². The van der Waals surface area contributed by atoms with Crippen LogP contribution in [0.3, 0.4) is 0 Å². The number of anilines is 3. The van der Waals surface area contributed by atoms with Crippen molar-refractivity contribution in [1.82, 2.24) is 9.97 Å².